The maximum atomic E-state index is 12.3. The average molecular weight is 371 g/mol. The molecule has 0 aromatic heterocycles. The molecule has 7 heteroatoms. The summed E-state index contributed by atoms with van der Waals surface area (Å²) in [6, 6.07) is 7.73. The lowest BCUT2D eigenvalue weighted by atomic mass is 10.2. The molecule has 1 unspecified atom stereocenters. The number of carbonyl (C=O) groups excluding carboxylic acids is 1. The summed E-state index contributed by atoms with van der Waals surface area (Å²) in [7, 11) is -3.31. The van der Waals surface area contributed by atoms with Crippen molar-refractivity contribution in [1.82, 2.24) is 9.62 Å². The molecule has 0 aliphatic carbocycles. The SMILES string of the molecule is CCCS(=O)(=O)N1CCCC1C(=O)NCCSc1ccc(C)cc1. The molecule has 1 aromatic carbocycles. The smallest absolute Gasteiger partial charge is 0.238 e. The van der Waals surface area contributed by atoms with Crippen molar-refractivity contribution < 1.29 is 13.2 Å². The maximum Gasteiger partial charge on any atom is 0.238 e. The number of hydrogen-bond acceptors (Lipinski definition) is 4. The lowest BCUT2D eigenvalue weighted by Crippen LogP contribution is -2.47. The summed E-state index contributed by atoms with van der Waals surface area (Å²) in [5.41, 5.74) is 1.22. The van der Waals surface area contributed by atoms with Crippen molar-refractivity contribution in [2.45, 2.75) is 44.0 Å². The summed E-state index contributed by atoms with van der Waals surface area (Å²) in [4.78, 5) is 13.5. The highest BCUT2D eigenvalue weighted by atomic mass is 32.2. The topological polar surface area (TPSA) is 66.5 Å². The molecule has 0 bridgehead atoms. The van der Waals surface area contributed by atoms with E-state index in [-0.39, 0.29) is 11.7 Å². The number of benzene rings is 1. The van der Waals surface area contributed by atoms with Crippen LogP contribution < -0.4 is 5.32 Å². The third kappa shape index (κ3) is 5.22. The number of thioether (sulfide) groups is 1. The Bertz CT molecular complexity index is 644. The van der Waals surface area contributed by atoms with Gasteiger partial charge in [0.25, 0.3) is 0 Å². The number of nitrogens with one attached hydrogen (secondary N) is 1. The standard InChI is InChI=1S/C17H26N2O3S2/c1-3-13-24(21,22)19-11-4-5-16(19)17(20)18-10-12-23-15-8-6-14(2)7-9-15/h6-9,16H,3-5,10-13H2,1-2H3,(H,18,20). The van der Waals surface area contributed by atoms with Crippen LogP contribution in [0.5, 0.6) is 0 Å². The van der Waals surface area contributed by atoms with Gasteiger partial charge in [-0.2, -0.15) is 4.31 Å². The van der Waals surface area contributed by atoms with E-state index in [0.29, 0.717) is 25.9 Å². The minimum atomic E-state index is -3.31. The molecule has 1 fully saturated rings. The first-order chi connectivity index (χ1) is 11.4. The van der Waals surface area contributed by atoms with Gasteiger partial charge in [-0.05, 0) is 38.3 Å². The number of carbonyl (C=O) groups is 1. The summed E-state index contributed by atoms with van der Waals surface area (Å²) < 4.78 is 25.9. The van der Waals surface area contributed by atoms with E-state index in [9.17, 15) is 13.2 Å². The second kappa shape index (κ2) is 8.87. The fourth-order valence-electron chi connectivity index (χ4n) is 2.81. The molecule has 1 amide bonds. The summed E-state index contributed by atoms with van der Waals surface area (Å²) in [5, 5.41) is 2.88. The Morgan fingerprint density at radius 3 is 2.71 bits per heavy atom. The number of sulfonamides is 1. The van der Waals surface area contributed by atoms with E-state index < -0.39 is 16.1 Å². The third-order valence-electron chi connectivity index (χ3n) is 4.02. The van der Waals surface area contributed by atoms with Gasteiger partial charge in [-0.1, -0.05) is 24.6 Å². The molecule has 1 saturated heterocycles. The number of rotatable bonds is 8. The molecule has 1 heterocycles. The number of nitrogens with zero attached hydrogens (tertiary/aromatic N) is 1. The van der Waals surface area contributed by atoms with E-state index in [2.05, 4.69) is 36.5 Å². The Morgan fingerprint density at radius 2 is 2.04 bits per heavy atom. The van der Waals surface area contributed by atoms with Gasteiger partial charge in [-0.25, -0.2) is 8.42 Å². The Kier molecular flexibility index (Phi) is 7.13. The second-order valence-corrected chi connectivity index (χ2v) is 9.25. The van der Waals surface area contributed by atoms with Crippen LogP contribution in [-0.2, 0) is 14.8 Å². The van der Waals surface area contributed by atoms with Crippen LogP contribution in [0.25, 0.3) is 0 Å². The Morgan fingerprint density at radius 1 is 1.33 bits per heavy atom. The van der Waals surface area contributed by atoms with E-state index in [1.807, 2.05) is 6.92 Å². The summed E-state index contributed by atoms with van der Waals surface area (Å²) >= 11 is 1.68. The van der Waals surface area contributed by atoms with Crippen LogP contribution in [0.4, 0.5) is 0 Å². The van der Waals surface area contributed by atoms with Crippen LogP contribution in [0, 0.1) is 6.92 Å². The molecule has 1 aliphatic heterocycles. The van der Waals surface area contributed by atoms with Gasteiger partial charge in [0, 0.05) is 23.7 Å². The van der Waals surface area contributed by atoms with Crippen LogP contribution in [0.3, 0.4) is 0 Å². The molecular formula is C17H26N2O3S2. The summed E-state index contributed by atoms with van der Waals surface area (Å²) in [5.74, 6) is 0.709. The van der Waals surface area contributed by atoms with Crippen molar-refractivity contribution in [3.8, 4) is 0 Å². The van der Waals surface area contributed by atoms with Crippen molar-refractivity contribution in [1.29, 1.82) is 0 Å². The molecule has 1 N–H and O–H groups in total. The molecule has 2 rings (SSSR count). The third-order valence-corrected chi connectivity index (χ3v) is 7.11. The molecule has 1 aromatic rings. The lowest BCUT2D eigenvalue weighted by Gasteiger charge is -2.23. The van der Waals surface area contributed by atoms with Gasteiger partial charge in [-0.15, -0.1) is 11.8 Å². The first-order valence-electron chi connectivity index (χ1n) is 8.40. The number of aryl methyl sites for hydroxylation is 1. The van der Waals surface area contributed by atoms with Crippen molar-refractivity contribution >= 4 is 27.7 Å². The Hall–Kier alpha value is -1.05. The second-order valence-electron chi connectivity index (χ2n) is 6.04. The molecule has 0 saturated carbocycles. The normalized spacial score (nSPS) is 18.7. The minimum Gasteiger partial charge on any atom is -0.354 e. The first-order valence-corrected chi connectivity index (χ1v) is 11.0. The minimum absolute atomic E-state index is 0.111. The maximum absolute atomic E-state index is 12.3. The van der Waals surface area contributed by atoms with Gasteiger partial charge in [0.15, 0.2) is 0 Å². The molecule has 0 spiro atoms. The van der Waals surface area contributed by atoms with E-state index in [0.717, 1.165) is 12.2 Å². The van der Waals surface area contributed by atoms with Crippen LogP contribution in [0.15, 0.2) is 29.2 Å². The molecule has 1 atom stereocenters. The van der Waals surface area contributed by atoms with Gasteiger partial charge in [0.2, 0.25) is 15.9 Å². The quantitative estimate of drug-likeness (QED) is 0.564. The van der Waals surface area contributed by atoms with E-state index >= 15 is 0 Å². The van der Waals surface area contributed by atoms with Crippen molar-refractivity contribution in [2.75, 3.05) is 24.6 Å². The van der Waals surface area contributed by atoms with E-state index in [1.54, 1.807) is 11.8 Å². The van der Waals surface area contributed by atoms with Gasteiger partial charge in [-0.3, -0.25) is 4.79 Å². The van der Waals surface area contributed by atoms with Gasteiger partial charge in [0.1, 0.15) is 6.04 Å². The highest BCUT2D eigenvalue weighted by Crippen LogP contribution is 2.22. The zero-order chi connectivity index (χ0) is 17.6. The molecule has 0 radical (unpaired) electrons. The largest absolute Gasteiger partial charge is 0.354 e. The van der Waals surface area contributed by atoms with Crippen LogP contribution >= 0.6 is 11.8 Å². The van der Waals surface area contributed by atoms with Crippen LogP contribution in [0.2, 0.25) is 0 Å². The number of hydrogen-bond donors (Lipinski definition) is 1. The zero-order valence-corrected chi connectivity index (χ0v) is 16.0. The predicted molar refractivity (Wildman–Crippen MR) is 98.7 cm³/mol. The predicted octanol–water partition coefficient (Wildman–Crippen LogP) is 2.41. The van der Waals surface area contributed by atoms with Crippen LogP contribution in [0.1, 0.15) is 31.7 Å². The monoisotopic (exact) mass is 370 g/mol. The summed E-state index contributed by atoms with van der Waals surface area (Å²) in [6.07, 6.45) is 1.93. The van der Waals surface area contributed by atoms with E-state index in [1.165, 1.54) is 14.8 Å². The van der Waals surface area contributed by atoms with Crippen molar-refractivity contribution in [2.24, 2.45) is 0 Å². The average Bonchev–Trinajstić information content (AvgIpc) is 3.03. The highest BCUT2D eigenvalue weighted by Gasteiger charge is 2.37. The molecule has 134 valence electrons. The van der Waals surface area contributed by atoms with Crippen molar-refractivity contribution in [3.63, 3.8) is 0 Å². The molecule has 5 nitrogen and oxygen atoms in total. The van der Waals surface area contributed by atoms with Gasteiger partial charge >= 0.3 is 0 Å². The molecule has 1 aliphatic rings. The first kappa shape index (κ1) is 19.3. The fraction of sp³-hybridized carbons (Fsp3) is 0.588. The Balaban J connectivity index is 1.80. The Labute approximate surface area is 149 Å². The lowest BCUT2D eigenvalue weighted by molar-refractivity contribution is -0.124. The zero-order valence-electron chi connectivity index (χ0n) is 14.3. The highest BCUT2D eigenvalue weighted by molar-refractivity contribution is 7.99. The van der Waals surface area contributed by atoms with Gasteiger partial charge < -0.3 is 5.32 Å². The summed E-state index contributed by atoms with van der Waals surface area (Å²) in [6.45, 7) is 4.88. The van der Waals surface area contributed by atoms with E-state index in [4.69, 9.17) is 0 Å². The number of amides is 1. The van der Waals surface area contributed by atoms with Gasteiger partial charge in [0.05, 0.1) is 5.75 Å². The van der Waals surface area contributed by atoms with Crippen LogP contribution in [-0.4, -0.2) is 49.3 Å². The fourth-order valence-corrected chi connectivity index (χ4v) is 5.32. The van der Waals surface area contributed by atoms with Crippen molar-refractivity contribution in [3.05, 3.63) is 29.8 Å². The molecule has 24 heavy (non-hydrogen) atoms. The molecular weight excluding hydrogens is 344 g/mol.